The van der Waals surface area contributed by atoms with E-state index in [0.29, 0.717) is 12.2 Å². The lowest BCUT2D eigenvalue weighted by Gasteiger charge is -2.23. The Morgan fingerprint density at radius 2 is 2.15 bits per heavy atom. The lowest BCUT2D eigenvalue weighted by molar-refractivity contribution is 0.0845. The van der Waals surface area contributed by atoms with E-state index in [2.05, 4.69) is 6.07 Å². The highest BCUT2D eigenvalue weighted by molar-refractivity contribution is 5.56. The third-order valence-corrected chi connectivity index (χ3v) is 3.64. The average Bonchev–Trinajstić information content (AvgIpc) is 2.45. The molecular formula is C16H23N3O. The lowest BCUT2D eigenvalue weighted by atomic mass is 9.95. The number of anilines is 1. The van der Waals surface area contributed by atoms with E-state index in [9.17, 15) is 5.26 Å². The molecule has 1 aromatic heterocycles. The summed E-state index contributed by atoms with van der Waals surface area (Å²) in [7, 11) is 1.97. The molecule has 1 heterocycles. The number of aryl methyl sites for hydroxylation is 2. The highest BCUT2D eigenvalue weighted by atomic mass is 16.5. The normalized spacial score (nSPS) is 13.9. The molecule has 0 N–H and O–H groups in total. The van der Waals surface area contributed by atoms with E-state index in [0.717, 1.165) is 25.2 Å². The highest BCUT2D eigenvalue weighted by Gasteiger charge is 2.17. The van der Waals surface area contributed by atoms with Crippen LogP contribution in [0.3, 0.4) is 0 Å². The number of fused-ring (bicyclic) bond motifs is 1. The second-order valence-corrected chi connectivity index (χ2v) is 5.63. The molecule has 0 radical (unpaired) electrons. The Labute approximate surface area is 121 Å². The Bertz CT molecular complexity index is 505. The molecule has 108 valence electrons. The number of rotatable bonds is 5. The maximum Gasteiger partial charge on any atom is 0.146 e. The maximum atomic E-state index is 9.33. The fraction of sp³-hybridized carbons (Fsp3) is 0.625. The van der Waals surface area contributed by atoms with Gasteiger partial charge in [-0.05, 0) is 51.2 Å². The molecule has 1 aliphatic rings. The number of nitrogens with zero attached hydrogens (tertiary/aromatic N) is 3. The maximum absolute atomic E-state index is 9.33. The first-order chi connectivity index (χ1) is 9.61. The van der Waals surface area contributed by atoms with E-state index < -0.39 is 0 Å². The van der Waals surface area contributed by atoms with Gasteiger partial charge in [0.15, 0.2) is 0 Å². The molecule has 0 bridgehead atoms. The molecule has 4 nitrogen and oxygen atoms in total. The van der Waals surface area contributed by atoms with Crippen LogP contribution in [0.5, 0.6) is 0 Å². The van der Waals surface area contributed by atoms with Crippen LogP contribution < -0.4 is 4.90 Å². The first-order valence-electron chi connectivity index (χ1n) is 7.37. The van der Waals surface area contributed by atoms with Crippen LogP contribution in [0.15, 0.2) is 6.07 Å². The average molecular weight is 273 g/mol. The zero-order valence-electron chi connectivity index (χ0n) is 12.6. The van der Waals surface area contributed by atoms with Gasteiger partial charge < -0.3 is 9.64 Å². The number of likely N-dealkylation sites (N-methyl/N-ethyl adjacent to an activating group) is 1. The second kappa shape index (κ2) is 6.71. The van der Waals surface area contributed by atoms with Crippen molar-refractivity contribution in [3.63, 3.8) is 0 Å². The van der Waals surface area contributed by atoms with Gasteiger partial charge in [0, 0.05) is 19.3 Å². The van der Waals surface area contributed by atoms with E-state index >= 15 is 0 Å². The molecule has 0 saturated heterocycles. The summed E-state index contributed by atoms with van der Waals surface area (Å²) in [6, 6.07) is 4.31. The summed E-state index contributed by atoms with van der Waals surface area (Å²) in [5.74, 6) is 0.792. The Hall–Kier alpha value is -1.60. The number of hydrogen-bond donors (Lipinski definition) is 0. The molecule has 1 aliphatic carbocycles. The zero-order chi connectivity index (χ0) is 14.5. The van der Waals surface area contributed by atoms with E-state index in [-0.39, 0.29) is 6.10 Å². The van der Waals surface area contributed by atoms with Crippen LogP contribution >= 0.6 is 0 Å². The molecule has 0 spiro atoms. The quantitative estimate of drug-likeness (QED) is 0.827. The van der Waals surface area contributed by atoms with Crippen molar-refractivity contribution in [1.82, 2.24) is 4.98 Å². The first-order valence-corrected chi connectivity index (χ1v) is 7.37. The fourth-order valence-electron chi connectivity index (χ4n) is 2.53. The summed E-state index contributed by atoms with van der Waals surface area (Å²) in [6.45, 7) is 5.45. The van der Waals surface area contributed by atoms with E-state index in [1.54, 1.807) is 0 Å². The molecule has 0 saturated carbocycles. The Kier molecular flexibility index (Phi) is 4.97. The van der Waals surface area contributed by atoms with Gasteiger partial charge in [-0.2, -0.15) is 5.26 Å². The molecule has 0 amide bonds. The molecule has 20 heavy (non-hydrogen) atoms. The van der Waals surface area contributed by atoms with Crippen molar-refractivity contribution < 1.29 is 4.74 Å². The highest BCUT2D eigenvalue weighted by Crippen LogP contribution is 2.25. The largest absolute Gasteiger partial charge is 0.377 e. The van der Waals surface area contributed by atoms with Crippen LogP contribution in [0.1, 0.15) is 43.5 Å². The minimum absolute atomic E-state index is 0.232. The molecule has 0 aliphatic heterocycles. The molecule has 2 rings (SSSR count). The standard InChI is InChI=1S/C16H23N3O/c1-12(2)20-9-8-19(3)16-14(11-17)10-13-6-4-5-7-15(13)18-16/h10,12H,4-9H2,1-3H3. The second-order valence-electron chi connectivity index (χ2n) is 5.63. The Morgan fingerprint density at radius 3 is 2.85 bits per heavy atom. The van der Waals surface area contributed by atoms with Gasteiger partial charge in [0.1, 0.15) is 11.9 Å². The third-order valence-electron chi connectivity index (χ3n) is 3.64. The van der Waals surface area contributed by atoms with Crippen LogP contribution in [-0.2, 0) is 17.6 Å². The van der Waals surface area contributed by atoms with Gasteiger partial charge in [-0.25, -0.2) is 4.98 Å². The third kappa shape index (κ3) is 3.49. The molecule has 4 heteroatoms. The summed E-state index contributed by atoms with van der Waals surface area (Å²) in [6.07, 6.45) is 4.72. The van der Waals surface area contributed by atoms with Crippen molar-refractivity contribution >= 4 is 5.82 Å². The summed E-state index contributed by atoms with van der Waals surface area (Å²) < 4.78 is 5.57. The number of nitriles is 1. The van der Waals surface area contributed by atoms with Gasteiger partial charge in [-0.1, -0.05) is 0 Å². The Morgan fingerprint density at radius 1 is 1.40 bits per heavy atom. The van der Waals surface area contributed by atoms with Crippen LogP contribution in [-0.4, -0.2) is 31.3 Å². The molecule has 0 fully saturated rings. The fourth-order valence-corrected chi connectivity index (χ4v) is 2.53. The van der Waals surface area contributed by atoms with Crippen molar-refractivity contribution in [2.24, 2.45) is 0 Å². The number of pyridine rings is 1. The van der Waals surface area contributed by atoms with Gasteiger partial charge >= 0.3 is 0 Å². The molecular weight excluding hydrogens is 250 g/mol. The lowest BCUT2D eigenvalue weighted by Crippen LogP contribution is -2.26. The van der Waals surface area contributed by atoms with Gasteiger partial charge in [0.2, 0.25) is 0 Å². The van der Waals surface area contributed by atoms with Crippen LogP contribution in [0.25, 0.3) is 0 Å². The topological polar surface area (TPSA) is 49.1 Å². The van der Waals surface area contributed by atoms with Crippen molar-refractivity contribution in [2.45, 2.75) is 45.6 Å². The van der Waals surface area contributed by atoms with Gasteiger partial charge in [0.25, 0.3) is 0 Å². The predicted molar refractivity (Wildman–Crippen MR) is 80.0 cm³/mol. The molecule has 0 aromatic carbocycles. The SMILES string of the molecule is CC(C)OCCN(C)c1nc2c(cc1C#N)CCCC2. The van der Waals surface area contributed by atoms with E-state index in [4.69, 9.17) is 9.72 Å². The van der Waals surface area contributed by atoms with Crippen molar-refractivity contribution in [3.8, 4) is 6.07 Å². The number of aromatic nitrogens is 1. The molecule has 0 atom stereocenters. The summed E-state index contributed by atoms with van der Waals surface area (Å²) in [5.41, 5.74) is 3.10. The zero-order valence-corrected chi connectivity index (χ0v) is 12.6. The van der Waals surface area contributed by atoms with Crippen LogP contribution in [0, 0.1) is 11.3 Å². The molecule has 0 unspecified atom stereocenters. The minimum atomic E-state index is 0.232. The predicted octanol–water partition coefficient (Wildman–Crippen LogP) is 2.69. The number of ether oxygens (including phenoxy) is 1. The van der Waals surface area contributed by atoms with Gasteiger partial charge in [-0.15, -0.1) is 0 Å². The summed E-state index contributed by atoms with van der Waals surface area (Å²) in [4.78, 5) is 6.75. The first kappa shape index (κ1) is 14.8. The van der Waals surface area contributed by atoms with Crippen molar-refractivity contribution in [2.75, 3.05) is 25.1 Å². The minimum Gasteiger partial charge on any atom is -0.377 e. The van der Waals surface area contributed by atoms with Crippen LogP contribution in [0.4, 0.5) is 5.82 Å². The van der Waals surface area contributed by atoms with Crippen molar-refractivity contribution in [1.29, 1.82) is 5.26 Å². The summed E-state index contributed by atoms with van der Waals surface area (Å²) >= 11 is 0. The number of hydrogen-bond acceptors (Lipinski definition) is 4. The molecule has 1 aromatic rings. The van der Waals surface area contributed by atoms with E-state index in [1.807, 2.05) is 31.9 Å². The van der Waals surface area contributed by atoms with Gasteiger partial charge in [0.05, 0.1) is 18.3 Å². The van der Waals surface area contributed by atoms with Crippen molar-refractivity contribution in [3.05, 3.63) is 22.9 Å². The smallest absolute Gasteiger partial charge is 0.146 e. The monoisotopic (exact) mass is 273 g/mol. The van der Waals surface area contributed by atoms with Crippen LogP contribution in [0.2, 0.25) is 0 Å². The van der Waals surface area contributed by atoms with Gasteiger partial charge in [-0.3, -0.25) is 0 Å². The summed E-state index contributed by atoms with van der Waals surface area (Å²) in [5, 5.41) is 9.33. The van der Waals surface area contributed by atoms with E-state index in [1.165, 1.54) is 24.1 Å². The Balaban J connectivity index is 2.15.